The standard InChI is InChI=1S/C14H15F3N2O/c15-14(16,17)10-18-13(20)19-8-6-12(7-9-19)11-4-2-1-3-5-11/h1-6H,7-10H2,(H,18,20). The van der Waals surface area contributed by atoms with Gasteiger partial charge >= 0.3 is 12.2 Å². The molecule has 0 spiro atoms. The van der Waals surface area contributed by atoms with Gasteiger partial charge in [0.1, 0.15) is 6.54 Å². The van der Waals surface area contributed by atoms with Crippen molar-refractivity contribution >= 4 is 11.6 Å². The largest absolute Gasteiger partial charge is 0.405 e. The number of carbonyl (C=O) groups is 1. The Kier molecular flexibility index (Phi) is 4.32. The van der Waals surface area contributed by atoms with Gasteiger partial charge in [0.2, 0.25) is 0 Å². The monoisotopic (exact) mass is 284 g/mol. The summed E-state index contributed by atoms with van der Waals surface area (Å²) in [5.74, 6) is 0. The summed E-state index contributed by atoms with van der Waals surface area (Å²) < 4.78 is 36.1. The van der Waals surface area contributed by atoms with Crippen molar-refractivity contribution in [1.82, 2.24) is 10.2 Å². The zero-order valence-electron chi connectivity index (χ0n) is 10.8. The lowest BCUT2D eigenvalue weighted by Gasteiger charge is -2.27. The molecule has 3 nitrogen and oxygen atoms in total. The van der Waals surface area contributed by atoms with Gasteiger partial charge in [-0.1, -0.05) is 36.4 Å². The summed E-state index contributed by atoms with van der Waals surface area (Å²) in [6.45, 7) is -0.546. The molecular weight excluding hydrogens is 269 g/mol. The maximum absolute atomic E-state index is 12.0. The minimum absolute atomic E-state index is 0.327. The highest BCUT2D eigenvalue weighted by Gasteiger charge is 2.29. The average Bonchev–Trinajstić information content (AvgIpc) is 2.45. The van der Waals surface area contributed by atoms with Crippen molar-refractivity contribution in [3.63, 3.8) is 0 Å². The predicted octanol–water partition coefficient (Wildman–Crippen LogP) is 3.05. The van der Waals surface area contributed by atoms with Crippen LogP contribution in [0.5, 0.6) is 0 Å². The first kappa shape index (κ1) is 14.4. The quantitative estimate of drug-likeness (QED) is 0.889. The van der Waals surface area contributed by atoms with E-state index in [1.807, 2.05) is 41.7 Å². The van der Waals surface area contributed by atoms with Crippen LogP contribution in [0.25, 0.3) is 5.57 Å². The minimum atomic E-state index is -4.38. The van der Waals surface area contributed by atoms with Crippen molar-refractivity contribution in [2.75, 3.05) is 19.6 Å². The van der Waals surface area contributed by atoms with E-state index in [4.69, 9.17) is 0 Å². The number of nitrogens with one attached hydrogen (secondary N) is 1. The van der Waals surface area contributed by atoms with Gasteiger partial charge in [0.05, 0.1) is 0 Å². The van der Waals surface area contributed by atoms with Crippen LogP contribution in [0.15, 0.2) is 36.4 Å². The zero-order chi connectivity index (χ0) is 14.6. The van der Waals surface area contributed by atoms with Crippen LogP contribution in [0.4, 0.5) is 18.0 Å². The van der Waals surface area contributed by atoms with Crippen molar-refractivity contribution in [1.29, 1.82) is 0 Å². The van der Waals surface area contributed by atoms with E-state index in [1.165, 1.54) is 4.90 Å². The number of nitrogens with zero attached hydrogens (tertiary/aromatic N) is 1. The zero-order valence-corrected chi connectivity index (χ0v) is 10.8. The van der Waals surface area contributed by atoms with Crippen LogP contribution in [0.1, 0.15) is 12.0 Å². The van der Waals surface area contributed by atoms with Crippen LogP contribution < -0.4 is 5.32 Å². The molecule has 1 aromatic rings. The molecular formula is C14H15F3N2O. The Morgan fingerprint density at radius 2 is 1.95 bits per heavy atom. The van der Waals surface area contributed by atoms with Gasteiger partial charge in [-0.3, -0.25) is 0 Å². The number of alkyl halides is 3. The molecule has 108 valence electrons. The smallest absolute Gasteiger partial charge is 0.329 e. The molecule has 0 radical (unpaired) electrons. The number of amides is 2. The molecule has 1 N–H and O–H groups in total. The lowest BCUT2D eigenvalue weighted by Crippen LogP contribution is -2.45. The van der Waals surface area contributed by atoms with E-state index in [-0.39, 0.29) is 0 Å². The Hall–Kier alpha value is -1.98. The Morgan fingerprint density at radius 1 is 1.25 bits per heavy atom. The van der Waals surface area contributed by atoms with Gasteiger partial charge in [-0.2, -0.15) is 13.2 Å². The van der Waals surface area contributed by atoms with Crippen LogP contribution >= 0.6 is 0 Å². The molecule has 1 heterocycles. The van der Waals surface area contributed by atoms with Crippen LogP contribution in [0.3, 0.4) is 0 Å². The first-order chi connectivity index (χ1) is 9.46. The fourth-order valence-corrected chi connectivity index (χ4v) is 2.06. The normalized spacial score (nSPS) is 15.8. The Labute approximate surface area is 115 Å². The maximum Gasteiger partial charge on any atom is 0.405 e. The summed E-state index contributed by atoms with van der Waals surface area (Å²) in [6.07, 6.45) is -1.86. The third-order valence-electron chi connectivity index (χ3n) is 3.08. The molecule has 2 amide bonds. The second kappa shape index (κ2) is 5.98. The van der Waals surface area contributed by atoms with Crippen LogP contribution in [-0.4, -0.2) is 36.7 Å². The highest BCUT2D eigenvalue weighted by atomic mass is 19.4. The van der Waals surface area contributed by atoms with E-state index in [1.54, 1.807) is 0 Å². The fraction of sp³-hybridized carbons (Fsp3) is 0.357. The summed E-state index contributed by atoms with van der Waals surface area (Å²) in [4.78, 5) is 12.9. The topological polar surface area (TPSA) is 32.3 Å². The summed E-state index contributed by atoms with van der Waals surface area (Å²) >= 11 is 0. The molecule has 0 atom stereocenters. The van der Waals surface area contributed by atoms with E-state index in [0.717, 1.165) is 11.1 Å². The second-order valence-electron chi connectivity index (χ2n) is 4.57. The minimum Gasteiger partial charge on any atom is -0.329 e. The molecule has 1 aliphatic rings. The van der Waals surface area contributed by atoms with E-state index < -0.39 is 18.8 Å². The Bertz CT molecular complexity index is 497. The average molecular weight is 284 g/mol. The van der Waals surface area contributed by atoms with Crippen molar-refractivity contribution < 1.29 is 18.0 Å². The second-order valence-corrected chi connectivity index (χ2v) is 4.57. The summed E-state index contributed by atoms with van der Waals surface area (Å²) in [5.41, 5.74) is 2.20. The highest BCUT2D eigenvalue weighted by molar-refractivity contribution is 5.76. The van der Waals surface area contributed by atoms with Gasteiger partial charge in [0, 0.05) is 13.1 Å². The third kappa shape index (κ3) is 4.01. The van der Waals surface area contributed by atoms with Gasteiger partial charge < -0.3 is 10.2 Å². The number of hydrogen-bond acceptors (Lipinski definition) is 1. The molecule has 0 fully saturated rings. The van der Waals surface area contributed by atoms with Crippen molar-refractivity contribution in [2.45, 2.75) is 12.6 Å². The maximum atomic E-state index is 12.0. The highest BCUT2D eigenvalue weighted by Crippen LogP contribution is 2.22. The summed E-state index contributed by atoms with van der Waals surface area (Å²) in [5, 5.41) is 1.88. The molecule has 2 rings (SSSR count). The van der Waals surface area contributed by atoms with E-state index in [2.05, 4.69) is 0 Å². The van der Waals surface area contributed by atoms with E-state index in [0.29, 0.717) is 19.5 Å². The number of rotatable bonds is 2. The molecule has 0 aromatic heterocycles. The molecule has 6 heteroatoms. The summed E-state index contributed by atoms with van der Waals surface area (Å²) in [6, 6.07) is 9.06. The number of benzene rings is 1. The van der Waals surface area contributed by atoms with E-state index in [9.17, 15) is 18.0 Å². The Morgan fingerprint density at radius 3 is 2.50 bits per heavy atom. The van der Waals surface area contributed by atoms with Crippen LogP contribution in [0.2, 0.25) is 0 Å². The number of hydrogen-bond donors (Lipinski definition) is 1. The van der Waals surface area contributed by atoms with Crippen LogP contribution in [-0.2, 0) is 0 Å². The fourth-order valence-electron chi connectivity index (χ4n) is 2.06. The third-order valence-corrected chi connectivity index (χ3v) is 3.08. The first-order valence-electron chi connectivity index (χ1n) is 6.30. The van der Waals surface area contributed by atoms with Gasteiger partial charge in [0.25, 0.3) is 0 Å². The first-order valence-corrected chi connectivity index (χ1v) is 6.30. The van der Waals surface area contributed by atoms with E-state index >= 15 is 0 Å². The van der Waals surface area contributed by atoms with Gasteiger partial charge in [0.15, 0.2) is 0 Å². The molecule has 20 heavy (non-hydrogen) atoms. The SMILES string of the molecule is O=C(NCC(F)(F)F)N1CC=C(c2ccccc2)CC1. The van der Waals surface area contributed by atoms with Crippen molar-refractivity contribution in [3.8, 4) is 0 Å². The lowest BCUT2D eigenvalue weighted by atomic mass is 10.00. The molecule has 0 saturated heterocycles. The molecule has 0 bridgehead atoms. The lowest BCUT2D eigenvalue weighted by molar-refractivity contribution is -0.123. The molecule has 1 aromatic carbocycles. The van der Waals surface area contributed by atoms with Gasteiger partial charge in [-0.05, 0) is 17.6 Å². The molecule has 0 saturated carbocycles. The van der Waals surface area contributed by atoms with Crippen molar-refractivity contribution in [3.05, 3.63) is 42.0 Å². The van der Waals surface area contributed by atoms with Crippen molar-refractivity contribution in [2.24, 2.45) is 0 Å². The molecule has 0 unspecified atom stereocenters. The molecule has 0 aliphatic carbocycles. The number of urea groups is 1. The molecule has 1 aliphatic heterocycles. The predicted molar refractivity (Wildman–Crippen MR) is 70.1 cm³/mol. The van der Waals surface area contributed by atoms with Gasteiger partial charge in [-0.15, -0.1) is 0 Å². The Balaban J connectivity index is 1.90. The summed E-state index contributed by atoms with van der Waals surface area (Å²) in [7, 11) is 0. The number of carbonyl (C=O) groups excluding carboxylic acids is 1. The number of halogens is 3. The van der Waals surface area contributed by atoms with Gasteiger partial charge in [-0.25, -0.2) is 4.79 Å². The van der Waals surface area contributed by atoms with Crippen LogP contribution in [0, 0.1) is 0 Å².